The normalized spacial score (nSPS) is 22.2. The summed E-state index contributed by atoms with van der Waals surface area (Å²) in [5.74, 6) is -0.708. The molecule has 6 heteroatoms. The van der Waals surface area contributed by atoms with Crippen molar-refractivity contribution in [1.82, 2.24) is 4.90 Å². The quantitative estimate of drug-likeness (QED) is 0.610. The van der Waals surface area contributed by atoms with Gasteiger partial charge in [-0.2, -0.15) is 0 Å². The summed E-state index contributed by atoms with van der Waals surface area (Å²) in [5, 5.41) is 0.545. The molecular formula is C19H23ClN2O3. The molecule has 1 unspecified atom stereocenters. The Balaban J connectivity index is 1.85. The Hall–Kier alpha value is -1.88. The van der Waals surface area contributed by atoms with E-state index >= 15 is 0 Å². The average Bonchev–Trinajstić information content (AvgIpc) is 2.76. The summed E-state index contributed by atoms with van der Waals surface area (Å²) < 4.78 is 0. The zero-order valence-corrected chi connectivity index (χ0v) is 15.2. The lowest BCUT2D eigenvalue weighted by Gasteiger charge is -2.34. The van der Waals surface area contributed by atoms with Crippen LogP contribution in [0.3, 0.4) is 0 Å². The summed E-state index contributed by atoms with van der Waals surface area (Å²) >= 11 is 5.89. The van der Waals surface area contributed by atoms with Gasteiger partial charge in [0.15, 0.2) is 0 Å². The molecule has 0 bridgehead atoms. The molecule has 3 rings (SSSR count). The van der Waals surface area contributed by atoms with Crippen LogP contribution in [0.25, 0.3) is 0 Å². The molecule has 1 atom stereocenters. The molecule has 1 heterocycles. The van der Waals surface area contributed by atoms with E-state index in [1.807, 2.05) is 0 Å². The standard InChI is InChI=1S/C19H23ClN2O3/c1-13(23)21(15-6-4-2-3-5-7-15)17-12-18(24)22(19(17)25)16-10-8-14(20)9-11-16/h8-11,15,17H,2-7,12H2,1H3. The lowest BCUT2D eigenvalue weighted by molar-refractivity contribution is -0.139. The van der Waals surface area contributed by atoms with Crippen LogP contribution in [-0.2, 0) is 14.4 Å². The molecule has 0 radical (unpaired) electrons. The molecule has 2 fully saturated rings. The third kappa shape index (κ3) is 3.71. The Morgan fingerprint density at radius 3 is 2.24 bits per heavy atom. The van der Waals surface area contributed by atoms with Crippen LogP contribution in [0.1, 0.15) is 51.9 Å². The highest BCUT2D eigenvalue weighted by atomic mass is 35.5. The van der Waals surface area contributed by atoms with Gasteiger partial charge < -0.3 is 4.90 Å². The largest absolute Gasteiger partial charge is 0.327 e. The van der Waals surface area contributed by atoms with Crippen molar-refractivity contribution in [3.8, 4) is 0 Å². The highest BCUT2D eigenvalue weighted by Crippen LogP contribution is 2.31. The molecule has 0 N–H and O–H groups in total. The SMILES string of the molecule is CC(=O)N(C1CCCCCC1)C1CC(=O)N(c2ccc(Cl)cc2)C1=O. The van der Waals surface area contributed by atoms with E-state index in [1.54, 1.807) is 29.2 Å². The fourth-order valence-electron chi connectivity index (χ4n) is 3.96. The second kappa shape index (κ2) is 7.56. The van der Waals surface area contributed by atoms with Gasteiger partial charge in [0, 0.05) is 18.0 Å². The Labute approximate surface area is 152 Å². The zero-order valence-electron chi connectivity index (χ0n) is 14.4. The fraction of sp³-hybridized carbons (Fsp3) is 0.526. The molecule has 1 aliphatic carbocycles. The van der Waals surface area contributed by atoms with Crippen LogP contribution in [0.5, 0.6) is 0 Å². The van der Waals surface area contributed by atoms with E-state index in [1.165, 1.54) is 11.8 Å². The van der Waals surface area contributed by atoms with Gasteiger partial charge in [-0.25, -0.2) is 4.90 Å². The summed E-state index contributed by atoms with van der Waals surface area (Å²) in [7, 11) is 0. The van der Waals surface area contributed by atoms with Gasteiger partial charge in [0.05, 0.1) is 12.1 Å². The Kier molecular flexibility index (Phi) is 5.42. The number of carbonyl (C=O) groups excluding carboxylic acids is 3. The van der Waals surface area contributed by atoms with Crippen LogP contribution >= 0.6 is 11.6 Å². The molecule has 134 valence electrons. The van der Waals surface area contributed by atoms with Gasteiger partial charge in [-0.3, -0.25) is 14.4 Å². The molecule has 0 spiro atoms. The van der Waals surface area contributed by atoms with Crippen LogP contribution in [0.4, 0.5) is 5.69 Å². The topological polar surface area (TPSA) is 57.7 Å². The van der Waals surface area contributed by atoms with E-state index in [9.17, 15) is 14.4 Å². The molecule has 3 amide bonds. The maximum absolute atomic E-state index is 13.0. The summed E-state index contributed by atoms with van der Waals surface area (Å²) in [6.07, 6.45) is 6.30. The average molecular weight is 363 g/mol. The van der Waals surface area contributed by atoms with Crippen molar-refractivity contribution >= 4 is 35.0 Å². The highest BCUT2D eigenvalue weighted by molar-refractivity contribution is 6.30. The summed E-state index contributed by atoms with van der Waals surface area (Å²) in [4.78, 5) is 40.6. The first-order valence-corrected chi connectivity index (χ1v) is 9.28. The maximum Gasteiger partial charge on any atom is 0.257 e. The first-order chi connectivity index (χ1) is 12.0. The van der Waals surface area contributed by atoms with Gasteiger partial charge in [0.2, 0.25) is 11.8 Å². The molecule has 2 aliphatic rings. The first kappa shape index (κ1) is 17.9. The highest BCUT2D eigenvalue weighted by Gasteiger charge is 2.45. The minimum absolute atomic E-state index is 0.0481. The third-order valence-corrected chi connectivity index (χ3v) is 5.38. The van der Waals surface area contributed by atoms with E-state index in [0.29, 0.717) is 10.7 Å². The number of benzene rings is 1. The van der Waals surface area contributed by atoms with E-state index in [2.05, 4.69) is 0 Å². The van der Waals surface area contributed by atoms with Crippen LogP contribution in [0, 0.1) is 0 Å². The molecule has 1 aromatic rings. The van der Waals surface area contributed by atoms with Crippen molar-refractivity contribution in [1.29, 1.82) is 0 Å². The van der Waals surface area contributed by atoms with E-state index < -0.39 is 6.04 Å². The number of nitrogens with zero attached hydrogens (tertiary/aromatic N) is 2. The number of carbonyl (C=O) groups is 3. The zero-order chi connectivity index (χ0) is 18.0. The monoisotopic (exact) mass is 362 g/mol. The maximum atomic E-state index is 13.0. The Morgan fingerprint density at radius 2 is 1.68 bits per heavy atom. The molecule has 1 aliphatic heterocycles. The van der Waals surface area contributed by atoms with Crippen molar-refractivity contribution in [2.45, 2.75) is 64.0 Å². The van der Waals surface area contributed by atoms with Gasteiger partial charge in [-0.15, -0.1) is 0 Å². The lowest BCUT2D eigenvalue weighted by Crippen LogP contribution is -2.49. The predicted octanol–water partition coefficient (Wildman–Crippen LogP) is 3.54. The first-order valence-electron chi connectivity index (χ1n) is 8.90. The second-order valence-corrected chi connectivity index (χ2v) is 7.27. The molecule has 1 aromatic carbocycles. The number of rotatable bonds is 3. The number of anilines is 1. The van der Waals surface area contributed by atoms with Gasteiger partial charge in [0.1, 0.15) is 6.04 Å². The van der Waals surface area contributed by atoms with Crippen LogP contribution in [0.15, 0.2) is 24.3 Å². The molecule has 5 nitrogen and oxygen atoms in total. The van der Waals surface area contributed by atoms with Crippen molar-refractivity contribution in [2.24, 2.45) is 0 Å². The minimum Gasteiger partial charge on any atom is -0.327 e. The van der Waals surface area contributed by atoms with Crippen LogP contribution in [-0.4, -0.2) is 34.7 Å². The predicted molar refractivity (Wildman–Crippen MR) is 96.4 cm³/mol. The lowest BCUT2D eigenvalue weighted by atomic mass is 10.0. The smallest absolute Gasteiger partial charge is 0.257 e. The van der Waals surface area contributed by atoms with Crippen molar-refractivity contribution in [3.63, 3.8) is 0 Å². The van der Waals surface area contributed by atoms with Gasteiger partial charge in [-0.05, 0) is 37.1 Å². The number of amides is 3. The molecule has 25 heavy (non-hydrogen) atoms. The molecular weight excluding hydrogens is 340 g/mol. The molecule has 0 aromatic heterocycles. The number of hydrogen-bond donors (Lipinski definition) is 0. The van der Waals surface area contributed by atoms with E-state index in [4.69, 9.17) is 11.6 Å². The van der Waals surface area contributed by atoms with E-state index in [-0.39, 0.29) is 30.2 Å². The Bertz CT molecular complexity index is 666. The van der Waals surface area contributed by atoms with Crippen LogP contribution < -0.4 is 4.90 Å². The Morgan fingerprint density at radius 1 is 1.08 bits per heavy atom. The van der Waals surface area contributed by atoms with Gasteiger partial charge >= 0.3 is 0 Å². The van der Waals surface area contributed by atoms with Gasteiger partial charge in [0.25, 0.3) is 5.91 Å². The summed E-state index contributed by atoms with van der Waals surface area (Å²) in [6, 6.07) is 5.97. The fourth-order valence-corrected chi connectivity index (χ4v) is 4.09. The number of imide groups is 1. The third-order valence-electron chi connectivity index (χ3n) is 5.13. The van der Waals surface area contributed by atoms with Crippen LogP contribution in [0.2, 0.25) is 5.02 Å². The minimum atomic E-state index is -0.691. The van der Waals surface area contributed by atoms with Gasteiger partial charge in [-0.1, -0.05) is 37.3 Å². The number of halogens is 1. The summed E-state index contributed by atoms with van der Waals surface area (Å²) in [5.41, 5.74) is 0.506. The number of hydrogen-bond acceptors (Lipinski definition) is 3. The molecule has 1 saturated carbocycles. The van der Waals surface area contributed by atoms with Crippen molar-refractivity contribution < 1.29 is 14.4 Å². The second-order valence-electron chi connectivity index (χ2n) is 6.84. The van der Waals surface area contributed by atoms with E-state index in [0.717, 1.165) is 38.5 Å². The molecule has 1 saturated heterocycles. The van der Waals surface area contributed by atoms with Crippen molar-refractivity contribution in [3.05, 3.63) is 29.3 Å². The summed E-state index contributed by atoms with van der Waals surface area (Å²) in [6.45, 7) is 1.49. The van der Waals surface area contributed by atoms with Crippen molar-refractivity contribution in [2.75, 3.05) is 4.90 Å².